The fourth-order valence-corrected chi connectivity index (χ4v) is 4.08. The molecule has 34 heavy (non-hydrogen) atoms. The van der Waals surface area contributed by atoms with Crippen LogP contribution < -0.4 is 25.6 Å². The van der Waals surface area contributed by atoms with Crippen LogP contribution in [-0.4, -0.2) is 93.4 Å². The molecule has 12 heteroatoms. The average Bonchev–Trinajstić information content (AvgIpc) is 3.22. The molecule has 1 fully saturated rings. The van der Waals surface area contributed by atoms with Crippen molar-refractivity contribution in [1.82, 2.24) is 24.0 Å². The third kappa shape index (κ3) is 4.93. The van der Waals surface area contributed by atoms with Gasteiger partial charge in [-0.2, -0.15) is 4.98 Å². The second-order valence-corrected chi connectivity index (χ2v) is 8.21. The lowest BCUT2D eigenvalue weighted by molar-refractivity contribution is 0.0934. The van der Waals surface area contributed by atoms with E-state index < -0.39 is 17.4 Å². The average molecular weight is 475 g/mol. The van der Waals surface area contributed by atoms with Gasteiger partial charge in [0.1, 0.15) is 24.2 Å². The molecule has 1 aromatic carbocycles. The highest BCUT2D eigenvalue weighted by molar-refractivity contribution is 5.74. The van der Waals surface area contributed by atoms with Crippen molar-refractivity contribution in [3.63, 3.8) is 0 Å². The second-order valence-electron chi connectivity index (χ2n) is 8.21. The van der Waals surface area contributed by atoms with Gasteiger partial charge in [-0.1, -0.05) is 0 Å². The highest BCUT2D eigenvalue weighted by atomic mass is 16.5. The number of anilines is 1. The van der Waals surface area contributed by atoms with Gasteiger partial charge in [-0.25, -0.2) is 4.79 Å². The van der Waals surface area contributed by atoms with Crippen LogP contribution in [0.4, 0.5) is 5.95 Å². The standard InChI is InChI=1S/C22H30N6O6/c1-25-19-18(20(31)24-22(25)32)28(21(23-19)27-9-7-26(8-10-27)11-12-29)13-15(30)14-34-17-5-3-16(33-2)4-6-17/h3-6,15,29-30H,7-14H2,1-2H3,(H,24,31,32)/t15-/m1/s1. The summed E-state index contributed by atoms with van der Waals surface area (Å²) in [6, 6.07) is 7.02. The molecule has 12 nitrogen and oxygen atoms in total. The number of benzene rings is 1. The van der Waals surface area contributed by atoms with Crippen LogP contribution in [0.25, 0.3) is 11.2 Å². The molecule has 184 valence electrons. The molecule has 3 aromatic rings. The van der Waals surface area contributed by atoms with Crippen LogP contribution in [0.15, 0.2) is 33.9 Å². The van der Waals surface area contributed by atoms with Gasteiger partial charge in [0.25, 0.3) is 5.56 Å². The predicted octanol–water partition coefficient (Wildman–Crippen LogP) is -1.01. The van der Waals surface area contributed by atoms with Crippen LogP contribution in [0.5, 0.6) is 11.5 Å². The van der Waals surface area contributed by atoms with Crippen molar-refractivity contribution in [3.8, 4) is 11.5 Å². The minimum Gasteiger partial charge on any atom is -0.497 e. The Kier molecular flexibility index (Phi) is 7.20. The minimum absolute atomic E-state index is 0.000606. The number of rotatable bonds is 9. The van der Waals surface area contributed by atoms with Crippen molar-refractivity contribution < 1.29 is 19.7 Å². The molecule has 3 N–H and O–H groups in total. The van der Waals surface area contributed by atoms with E-state index in [1.165, 1.54) is 4.57 Å². The van der Waals surface area contributed by atoms with E-state index in [1.807, 2.05) is 4.90 Å². The maximum absolute atomic E-state index is 12.7. The van der Waals surface area contributed by atoms with Crippen molar-refractivity contribution >= 4 is 17.1 Å². The molecule has 0 aliphatic carbocycles. The molecule has 0 amide bonds. The van der Waals surface area contributed by atoms with E-state index in [0.29, 0.717) is 37.1 Å². The molecule has 1 atom stereocenters. The van der Waals surface area contributed by atoms with E-state index in [2.05, 4.69) is 14.9 Å². The monoisotopic (exact) mass is 474 g/mol. The number of aliphatic hydroxyl groups is 2. The summed E-state index contributed by atoms with van der Waals surface area (Å²) in [5.74, 6) is 1.79. The number of methoxy groups -OCH3 is 1. The number of piperazine rings is 1. The molecule has 0 saturated carbocycles. The number of aromatic amines is 1. The van der Waals surface area contributed by atoms with Gasteiger partial charge in [-0.3, -0.25) is 19.2 Å². The van der Waals surface area contributed by atoms with E-state index in [9.17, 15) is 19.8 Å². The van der Waals surface area contributed by atoms with Crippen LogP contribution in [0.3, 0.4) is 0 Å². The number of ether oxygens (including phenoxy) is 2. The van der Waals surface area contributed by atoms with Gasteiger partial charge in [0.05, 0.1) is 20.3 Å². The van der Waals surface area contributed by atoms with Gasteiger partial charge in [-0.15, -0.1) is 0 Å². The van der Waals surface area contributed by atoms with Crippen molar-refractivity contribution in [2.45, 2.75) is 12.6 Å². The van der Waals surface area contributed by atoms with E-state index >= 15 is 0 Å². The number of hydrogen-bond acceptors (Lipinski definition) is 9. The molecular weight excluding hydrogens is 444 g/mol. The number of imidazole rings is 1. The number of hydrogen-bond donors (Lipinski definition) is 3. The molecule has 4 rings (SSSR count). The zero-order chi connectivity index (χ0) is 24.2. The first kappa shape index (κ1) is 23.8. The first-order chi connectivity index (χ1) is 16.4. The Bertz CT molecular complexity index is 1230. The summed E-state index contributed by atoms with van der Waals surface area (Å²) in [7, 11) is 3.13. The SMILES string of the molecule is COc1ccc(OC[C@H](O)Cn2c(N3CCN(CCO)CC3)nc3c2c(=O)[nH]c(=O)n3C)cc1. The maximum Gasteiger partial charge on any atom is 0.329 e. The summed E-state index contributed by atoms with van der Waals surface area (Å²) < 4.78 is 13.8. The summed E-state index contributed by atoms with van der Waals surface area (Å²) in [6.07, 6.45) is -0.939. The summed E-state index contributed by atoms with van der Waals surface area (Å²) >= 11 is 0. The van der Waals surface area contributed by atoms with E-state index in [4.69, 9.17) is 9.47 Å². The number of fused-ring (bicyclic) bond motifs is 1. The van der Waals surface area contributed by atoms with E-state index in [-0.39, 0.29) is 30.9 Å². The Morgan fingerprint density at radius 1 is 1.12 bits per heavy atom. The fourth-order valence-electron chi connectivity index (χ4n) is 4.08. The van der Waals surface area contributed by atoms with Gasteiger partial charge in [0.15, 0.2) is 11.2 Å². The Hall–Kier alpha value is -3.35. The summed E-state index contributed by atoms with van der Waals surface area (Å²) in [5, 5.41) is 20.0. The zero-order valence-corrected chi connectivity index (χ0v) is 19.3. The van der Waals surface area contributed by atoms with Gasteiger partial charge in [0.2, 0.25) is 5.95 Å². The zero-order valence-electron chi connectivity index (χ0n) is 19.3. The molecule has 0 unspecified atom stereocenters. The maximum atomic E-state index is 12.7. The predicted molar refractivity (Wildman–Crippen MR) is 126 cm³/mol. The number of nitrogens with zero attached hydrogens (tertiary/aromatic N) is 5. The fraction of sp³-hybridized carbons (Fsp3) is 0.500. The molecular formula is C22H30N6O6. The molecule has 0 radical (unpaired) electrons. The number of aryl methyl sites for hydroxylation is 1. The lowest BCUT2D eigenvalue weighted by Gasteiger charge is -2.35. The summed E-state index contributed by atoms with van der Waals surface area (Å²) in [5.41, 5.74) is -0.632. The van der Waals surface area contributed by atoms with Crippen LogP contribution in [-0.2, 0) is 13.6 Å². The molecule has 1 saturated heterocycles. The van der Waals surface area contributed by atoms with Crippen molar-refractivity contribution in [1.29, 1.82) is 0 Å². The molecule has 2 aromatic heterocycles. The third-order valence-electron chi connectivity index (χ3n) is 5.95. The van der Waals surface area contributed by atoms with Gasteiger partial charge >= 0.3 is 5.69 Å². The largest absolute Gasteiger partial charge is 0.497 e. The number of H-pyrrole nitrogens is 1. The third-order valence-corrected chi connectivity index (χ3v) is 5.95. The normalized spacial score (nSPS) is 15.6. The van der Waals surface area contributed by atoms with Crippen LogP contribution in [0.1, 0.15) is 0 Å². The highest BCUT2D eigenvalue weighted by Crippen LogP contribution is 2.22. The Labute approximate surface area is 195 Å². The molecule has 1 aliphatic rings. The van der Waals surface area contributed by atoms with Crippen molar-refractivity contribution in [3.05, 3.63) is 45.1 Å². The Morgan fingerprint density at radius 3 is 2.44 bits per heavy atom. The Morgan fingerprint density at radius 2 is 1.79 bits per heavy atom. The minimum atomic E-state index is -0.939. The highest BCUT2D eigenvalue weighted by Gasteiger charge is 2.26. The van der Waals surface area contributed by atoms with Gasteiger partial charge < -0.3 is 29.2 Å². The van der Waals surface area contributed by atoms with Gasteiger partial charge in [0, 0.05) is 39.8 Å². The number of nitrogens with one attached hydrogen (secondary N) is 1. The first-order valence-corrected chi connectivity index (χ1v) is 11.1. The van der Waals surface area contributed by atoms with Crippen molar-refractivity contribution in [2.24, 2.45) is 7.05 Å². The number of aliphatic hydroxyl groups excluding tert-OH is 2. The second kappa shape index (κ2) is 10.3. The molecule has 0 spiro atoms. The lowest BCUT2D eigenvalue weighted by atomic mass is 10.3. The van der Waals surface area contributed by atoms with E-state index in [0.717, 1.165) is 13.1 Å². The number of aromatic nitrogens is 4. The van der Waals surface area contributed by atoms with Crippen molar-refractivity contribution in [2.75, 3.05) is 57.9 Å². The van der Waals surface area contributed by atoms with Gasteiger partial charge in [-0.05, 0) is 24.3 Å². The Balaban J connectivity index is 1.59. The summed E-state index contributed by atoms with van der Waals surface area (Å²) in [6.45, 7) is 3.46. The van der Waals surface area contributed by atoms with Crippen LogP contribution >= 0.6 is 0 Å². The topological polar surface area (TPSA) is 138 Å². The molecule has 3 heterocycles. The smallest absolute Gasteiger partial charge is 0.329 e. The molecule has 0 bridgehead atoms. The lowest BCUT2D eigenvalue weighted by Crippen LogP contribution is -2.48. The summed E-state index contributed by atoms with van der Waals surface area (Å²) in [4.78, 5) is 35.9. The van der Waals surface area contributed by atoms with Crippen LogP contribution in [0, 0.1) is 0 Å². The quantitative estimate of drug-likeness (QED) is 0.356. The number of β-amino-alcohol motifs (C(OH)–C–C–N with tert-alkyl or cyclic N) is 1. The first-order valence-electron chi connectivity index (χ1n) is 11.1. The molecule has 1 aliphatic heterocycles. The van der Waals surface area contributed by atoms with Crippen LogP contribution in [0.2, 0.25) is 0 Å². The van der Waals surface area contributed by atoms with E-state index in [1.54, 1.807) is 43.0 Å².